The Labute approximate surface area is 124 Å². The van der Waals surface area contributed by atoms with E-state index >= 15 is 0 Å². The van der Waals surface area contributed by atoms with E-state index in [1.54, 1.807) is 0 Å². The zero-order valence-corrected chi connectivity index (χ0v) is 13.0. The summed E-state index contributed by atoms with van der Waals surface area (Å²) in [5.74, 6) is 2.43. The third kappa shape index (κ3) is 3.84. The highest BCUT2D eigenvalue weighted by molar-refractivity contribution is 7.99. The fourth-order valence-corrected chi connectivity index (χ4v) is 2.65. The van der Waals surface area contributed by atoms with E-state index in [0.717, 1.165) is 24.2 Å². The van der Waals surface area contributed by atoms with Crippen LogP contribution in [0, 0.1) is 0 Å². The Morgan fingerprint density at radius 2 is 2.00 bits per heavy atom. The summed E-state index contributed by atoms with van der Waals surface area (Å²) in [6.45, 7) is 4.29. The average molecular weight is 291 g/mol. The molecule has 0 saturated carbocycles. The summed E-state index contributed by atoms with van der Waals surface area (Å²) in [4.78, 5) is 5.73. The maximum atomic E-state index is 5.32. The molecule has 0 bridgehead atoms. The van der Waals surface area contributed by atoms with E-state index < -0.39 is 0 Å². The number of hydrogen-bond acceptors (Lipinski definition) is 5. The summed E-state index contributed by atoms with van der Waals surface area (Å²) in [6.07, 6.45) is 1.81. The molecule has 1 unspecified atom stereocenters. The van der Waals surface area contributed by atoms with Crippen molar-refractivity contribution < 1.29 is 4.52 Å². The van der Waals surface area contributed by atoms with Crippen LogP contribution in [0.15, 0.2) is 33.7 Å². The molecule has 0 aliphatic carbocycles. The van der Waals surface area contributed by atoms with E-state index in [-0.39, 0.29) is 0 Å². The number of nitrogens with zero attached hydrogens (tertiary/aromatic N) is 2. The van der Waals surface area contributed by atoms with Crippen LogP contribution < -0.4 is 5.32 Å². The van der Waals surface area contributed by atoms with Crippen LogP contribution in [0.4, 0.5) is 0 Å². The summed E-state index contributed by atoms with van der Waals surface area (Å²) in [6, 6.07) is 8.67. The molecule has 0 aliphatic heterocycles. The van der Waals surface area contributed by atoms with Gasteiger partial charge < -0.3 is 9.84 Å². The number of hydrogen-bond donors (Lipinski definition) is 1. The highest BCUT2D eigenvalue weighted by atomic mass is 32.2. The lowest BCUT2D eigenvalue weighted by molar-refractivity contribution is 0.359. The van der Waals surface area contributed by atoms with Crippen LogP contribution in [0.3, 0.4) is 0 Å². The van der Waals surface area contributed by atoms with Crippen LogP contribution in [-0.2, 0) is 6.42 Å². The quantitative estimate of drug-likeness (QED) is 0.792. The van der Waals surface area contributed by atoms with Gasteiger partial charge in [0.05, 0.1) is 0 Å². The van der Waals surface area contributed by atoms with Gasteiger partial charge in [-0.25, -0.2) is 0 Å². The normalized spacial score (nSPS) is 12.6. The van der Waals surface area contributed by atoms with Crippen LogP contribution in [-0.4, -0.2) is 29.0 Å². The van der Waals surface area contributed by atoms with E-state index in [1.807, 2.05) is 30.9 Å². The van der Waals surface area contributed by atoms with Crippen LogP contribution in [0.25, 0.3) is 11.4 Å². The molecule has 1 aromatic carbocycles. The minimum atomic E-state index is 0.381. The Bertz CT molecular complexity index is 520. The van der Waals surface area contributed by atoms with E-state index in [2.05, 4.69) is 41.4 Å². The second kappa shape index (κ2) is 7.45. The van der Waals surface area contributed by atoms with Crippen molar-refractivity contribution in [2.75, 3.05) is 12.8 Å². The molecule has 1 heterocycles. The molecule has 108 valence electrons. The van der Waals surface area contributed by atoms with Crippen LogP contribution in [0.1, 0.15) is 26.2 Å². The monoisotopic (exact) mass is 291 g/mol. The maximum Gasteiger partial charge on any atom is 0.228 e. The van der Waals surface area contributed by atoms with Crippen LogP contribution >= 0.6 is 11.8 Å². The third-order valence-electron chi connectivity index (χ3n) is 3.21. The molecule has 2 rings (SSSR count). The van der Waals surface area contributed by atoms with Gasteiger partial charge in [-0.3, -0.25) is 0 Å². The first-order valence-electron chi connectivity index (χ1n) is 6.99. The Hall–Kier alpha value is -1.33. The number of benzene rings is 1. The van der Waals surface area contributed by atoms with Gasteiger partial charge in [0.25, 0.3) is 0 Å². The lowest BCUT2D eigenvalue weighted by Gasteiger charge is -2.09. The molecular weight excluding hydrogens is 270 g/mol. The van der Waals surface area contributed by atoms with Crippen molar-refractivity contribution in [2.24, 2.45) is 0 Å². The van der Waals surface area contributed by atoms with E-state index in [1.165, 1.54) is 4.90 Å². The Morgan fingerprint density at radius 1 is 1.25 bits per heavy atom. The van der Waals surface area contributed by atoms with E-state index in [4.69, 9.17) is 4.52 Å². The van der Waals surface area contributed by atoms with Gasteiger partial charge in [0.2, 0.25) is 11.7 Å². The van der Waals surface area contributed by atoms with Crippen molar-refractivity contribution in [2.45, 2.75) is 37.6 Å². The van der Waals surface area contributed by atoms with Gasteiger partial charge in [0, 0.05) is 22.9 Å². The van der Waals surface area contributed by atoms with Gasteiger partial charge in [0.15, 0.2) is 0 Å². The molecule has 1 atom stereocenters. The van der Waals surface area contributed by atoms with Crippen molar-refractivity contribution in [1.29, 1.82) is 0 Å². The van der Waals surface area contributed by atoms with Crippen molar-refractivity contribution in [3.05, 3.63) is 30.2 Å². The summed E-state index contributed by atoms with van der Waals surface area (Å²) in [5.41, 5.74) is 0.998. The minimum absolute atomic E-state index is 0.381. The largest absolute Gasteiger partial charge is 0.339 e. The SMILES string of the molecule is CCSc1ccc(-c2noc(CC(CC)NC)n2)cc1. The fraction of sp³-hybridized carbons (Fsp3) is 0.467. The van der Waals surface area contributed by atoms with E-state index in [9.17, 15) is 0 Å². The molecule has 0 spiro atoms. The number of thioether (sulfide) groups is 1. The minimum Gasteiger partial charge on any atom is -0.339 e. The third-order valence-corrected chi connectivity index (χ3v) is 4.11. The highest BCUT2D eigenvalue weighted by Gasteiger charge is 2.12. The predicted molar refractivity (Wildman–Crippen MR) is 83.0 cm³/mol. The molecule has 1 aromatic heterocycles. The first kappa shape index (κ1) is 15.1. The van der Waals surface area contributed by atoms with Gasteiger partial charge in [-0.1, -0.05) is 19.0 Å². The first-order chi connectivity index (χ1) is 9.76. The Kier molecular flexibility index (Phi) is 5.61. The van der Waals surface area contributed by atoms with Crippen LogP contribution in [0.5, 0.6) is 0 Å². The number of aromatic nitrogens is 2. The summed E-state index contributed by atoms with van der Waals surface area (Å²) in [7, 11) is 1.95. The van der Waals surface area contributed by atoms with Crippen molar-refractivity contribution in [3.63, 3.8) is 0 Å². The average Bonchev–Trinajstić information content (AvgIpc) is 2.94. The summed E-state index contributed by atoms with van der Waals surface area (Å²) >= 11 is 1.83. The second-order valence-corrected chi connectivity index (χ2v) is 5.90. The molecule has 4 nitrogen and oxygen atoms in total. The molecule has 0 fully saturated rings. The molecular formula is C15H21N3OS. The topological polar surface area (TPSA) is 51.0 Å². The van der Waals surface area contributed by atoms with Crippen molar-refractivity contribution in [1.82, 2.24) is 15.5 Å². The molecule has 0 radical (unpaired) electrons. The van der Waals surface area contributed by atoms with Gasteiger partial charge in [-0.2, -0.15) is 4.98 Å². The second-order valence-electron chi connectivity index (χ2n) is 4.57. The zero-order chi connectivity index (χ0) is 14.4. The molecule has 0 aliphatic rings. The standard InChI is InChI=1S/C15H21N3OS/c1-4-12(16-3)10-14-17-15(18-19-14)11-6-8-13(9-7-11)20-5-2/h6-9,12,16H,4-5,10H2,1-3H3. The van der Waals surface area contributed by atoms with Gasteiger partial charge in [-0.05, 0) is 43.5 Å². The van der Waals surface area contributed by atoms with Crippen molar-refractivity contribution >= 4 is 11.8 Å². The molecule has 5 heteroatoms. The molecule has 0 saturated heterocycles. The Morgan fingerprint density at radius 3 is 2.60 bits per heavy atom. The molecule has 1 N–H and O–H groups in total. The number of rotatable bonds is 7. The first-order valence-corrected chi connectivity index (χ1v) is 7.98. The van der Waals surface area contributed by atoms with Crippen LogP contribution in [0.2, 0.25) is 0 Å². The smallest absolute Gasteiger partial charge is 0.228 e. The number of nitrogens with one attached hydrogen (secondary N) is 1. The van der Waals surface area contributed by atoms with Gasteiger partial charge >= 0.3 is 0 Å². The van der Waals surface area contributed by atoms with Gasteiger partial charge in [-0.15, -0.1) is 11.8 Å². The molecule has 0 amide bonds. The fourth-order valence-electron chi connectivity index (χ4n) is 1.98. The Balaban J connectivity index is 2.07. The number of likely N-dealkylation sites (N-methyl/N-ethyl adjacent to an activating group) is 1. The lowest BCUT2D eigenvalue weighted by atomic mass is 10.1. The molecule has 20 heavy (non-hydrogen) atoms. The van der Waals surface area contributed by atoms with Crippen molar-refractivity contribution in [3.8, 4) is 11.4 Å². The zero-order valence-electron chi connectivity index (χ0n) is 12.2. The maximum absolute atomic E-state index is 5.32. The van der Waals surface area contributed by atoms with Gasteiger partial charge in [0.1, 0.15) is 0 Å². The predicted octanol–water partition coefficient (Wildman–Crippen LogP) is 3.39. The van der Waals surface area contributed by atoms with E-state index in [0.29, 0.717) is 17.8 Å². The summed E-state index contributed by atoms with van der Waals surface area (Å²) in [5, 5.41) is 7.30. The highest BCUT2D eigenvalue weighted by Crippen LogP contribution is 2.22. The lowest BCUT2D eigenvalue weighted by Crippen LogP contribution is -2.26. The molecule has 2 aromatic rings. The summed E-state index contributed by atoms with van der Waals surface area (Å²) < 4.78 is 5.32.